The Morgan fingerprint density at radius 1 is 1.54 bits per heavy atom. The first-order chi connectivity index (χ1) is 6.09. The van der Waals surface area contributed by atoms with E-state index in [1.165, 1.54) is 12.1 Å². The Hall–Kier alpha value is -0.650. The molecule has 13 heavy (non-hydrogen) atoms. The van der Waals surface area contributed by atoms with E-state index in [9.17, 15) is 9.18 Å². The molecule has 1 heterocycles. The van der Waals surface area contributed by atoms with E-state index in [0.717, 1.165) is 9.13 Å². The van der Waals surface area contributed by atoms with Gasteiger partial charge in [-0.05, 0) is 41.6 Å². The van der Waals surface area contributed by atoms with Crippen molar-refractivity contribution in [1.82, 2.24) is 5.32 Å². The van der Waals surface area contributed by atoms with Gasteiger partial charge in [0.15, 0.2) is 0 Å². The van der Waals surface area contributed by atoms with Gasteiger partial charge in [0, 0.05) is 14.7 Å². The van der Waals surface area contributed by atoms with E-state index in [0.29, 0.717) is 5.56 Å². The van der Waals surface area contributed by atoms with Gasteiger partial charge < -0.3 is 5.32 Å². The van der Waals surface area contributed by atoms with E-state index in [4.69, 9.17) is 0 Å². The molecule has 2 rings (SSSR count). The van der Waals surface area contributed by atoms with E-state index in [2.05, 4.69) is 5.32 Å². The first-order valence-electron chi connectivity index (χ1n) is 3.89. The van der Waals surface area contributed by atoms with Crippen molar-refractivity contribution in [3.05, 3.63) is 32.6 Å². The summed E-state index contributed by atoms with van der Waals surface area (Å²) in [5.41, 5.74) is 1.38. The van der Waals surface area contributed by atoms with Gasteiger partial charge in [-0.25, -0.2) is 4.39 Å². The molecule has 1 aliphatic heterocycles. The number of nitrogens with one attached hydrogen (secondary N) is 1. The fourth-order valence-corrected chi connectivity index (χ4v) is 2.61. The molecule has 2 nitrogen and oxygen atoms in total. The van der Waals surface area contributed by atoms with Crippen molar-refractivity contribution < 1.29 is 9.18 Å². The Morgan fingerprint density at radius 2 is 2.23 bits per heavy atom. The van der Waals surface area contributed by atoms with Crippen LogP contribution in [0.3, 0.4) is 0 Å². The van der Waals surface area contributed by atoms with Gasteiger partial charge in [-0.15, -0.1) is 0 Å². The maximum atomic E-state index is 12.9. The molecule has 68 valence electrons. The van der Waals surface area contributed by atoms with Crippen LogP contribution in [0, 0.1) is 9.39 Å². The Kier molecular flexibility index (Phi) is 2.02. The predicted octanol–water partition coefficient (Wildman–Crippen LogP) is 2.23. The highest BCUT2D eigenvalue weighted by atomic mass is 127. The van der Waals surface area contributed by atoms with Gasteiger partial charge in [0.25, 0.3) is 5.91 Å². The van der Waals surface area contributed by atoms with Crippen molar-refractivity contribution in [3.8, 4) is 0 Å². The average Bonchev–Trinajstić information content (AvgIpc) is 2.27. The van der Waals surface area contributed by atoms with Crippen molar-refractivity contribution in [1.29, 1.82) is 0 Å². The van der Waals surface area contributed by atoms with Crippen molar-refractivity contribution in [3.63, 3.8) is 0 Å². The van der Waals surface area contributed by atoms with Crippen LogP contribution in [0.25, 0.3) is 0 Å². The van der Waals surface area contributed by atoms with Crippen LogP contribution in [-0.4, -0.2) is 5.91 Å². The lowest BCUT2D eigenvalue weighted by atomic mass is 10.1. The van der Waals surface area contributed by atoms with Gasteiger partial charge >= 0.3 is 0 Å². The number of benzene rings is 1. The maximum Gasteiger partial charge on any atom is 0.252 e. The molecular weight excluding hydrogens is 284 g/mol. The molecule has 0 aliphatic carbocycles. The minimum absolute atomic E-state index is 0.00463. The predicted molar refractivity (Wildman–Crippen MR) is 55.0 cm³/mol. The number of carbonyl (C=O) groups excluding carboxylic acids is 1. The van der Waals surface area contributed by atoms with Crippen molar-refractivity contribution in [2.75, 3.05) is 0 Å². The standard InChI is InChI=1S/C9H7FINO/c1-4-8-6(9(13)12-4)2-5(10)3-7(8)11/h2-4H,1H3,(H,12,13)/t4-/m0/s1. The van der Waals surface area contributed by atoms with Crippen LogP contribution in [0.1, 0.15) is 28.9 Å². The summed E-state index contributed by atoms with van der Waals surface area (Å²) in [5, 5.41) is 2.74. The van der Waals surface area contributed by atoms with E-state index in [-0.39, 0.29) is 17.8 Å². The number of carbonyl (C=O) groups is 1. The molecule has 0 fully saturated rings. The molecule has 1 aromatic carbocycles. The van der Waals surface area contributed by atoms with Crippen molar-refractivity contribution in [2.24, 2.45) is 0 Å². The molecule has 0 bridgehead atoms. The summed E-state index contributed by atoms with van der Waals surface area (Å²) in [7, 11) is 0. The maximum absolute atomic E-state index is 12.9. The summed E-state index contributed by atoms with van der Waals surface area (Å²) in [6.45, 7) is 1.89. The van der Waals surface area contributed by atoms with Gasteiger partial charge in [0.05, 0.1) is 6.04 Å². The fourth-order valence-electron chi connectivity index (χ4n) is 1.56. The minimum atomic E-state index is -0.354. The van der Waals surface area contributed by atoms with E-state index in [1.807, 2.05) is 29.5 Å². The van der Waals surface area contributed by atoms with E-state index < -0.39 is 0 Å². The van der Waals surface area contributed by atoms with Crippen LogP contribution in [-0.2, 0) is 0 Å². The monoisotopic (exact) mass is 291 g/mol. The molecule has 0 aromatic heterocycles. The highest BCUT2D eigenvalue weighted by Crippen LogP contribution is 2.30. The summed E-state index contributed by atoms with van der Waals surface area (Å²) in [5.74, 6) is -0.535. The molecule has 1 aromatic rings. The van der Waals surface area contributed by atoms with E-state index in [1.54, 1.807) is 0 Å². The van der Waals surface area contributed by atoms with Crippen LogP contribution in [0.2, 0.25) is 0 Å². The Morgan fingerprint density at radius 3 is 2.92 bits per heavy atom. The molecule has 1 amide bonds. The highest BCUT2D eigenvalue weighted by molar-refractivity contribution is 14.1. The summed E-state index contributed by atoms with van der Waals surface area (Å²) in [4.78, 5) is 11.3. The molecule has 4 heteroatoms. The molecule has 1 atom stereocenters. The summed E-state index contributed by atoms with van der Waals surface area (Å²) < 4.78 is 13.7. The number of hydrogen-bond donors (Lipinski definition) is 1. The molecule has 0 saturated carbocycles. The van der Waals surface area contributed by atoms with Crippen molar-refractivity contribution >= 4 is 28.5 Å². The molecule has 0 spiro atoms. The Balaban J connectivity index is 2.69. The van der Waals surface area contributed by atoms with Crippen LogP contribution in [0.15, 0.2) is 12.1 Å². The zero-order valence-corrected chi connectivity index (χ0v) is 9.05. The SMILES string of the molecule is C[C@@H]1NC(=O)c2cc(F)cc(I)c21. The molecule has 0 radical (unpaired) electrons. The smallest absolute Gasteiger partial charge is 0.252 e. The zero-order chi connectivity index (χ0) is 9.59. The summed E-state index contributed by atoms with van der Waals surface area (Å²) in [6, 6.07) is 2.72. The van der Waals surface area contributed by atoms with Crippen LogP contribution >= 0.6 is 22.6 Å². The van der Waals surface area contributed by atoms with Gasteiger partial charge in [-0.3, -0.25) is 4.79 Å². The minimum Gasteiger partial charge on any atom is -0.345 e. The third kappa shape index (κ3) is 1.33. The van der Waals surface area contributed by atoms with Crippen LogP contribution in [0.4, 0.5) is 4.39 Å². The van der Waals surface area contributed by atoms with E-state index >= 15 is 0 Å². The summed E-state index contributed by atoms with van der Waals surface area (Å²) >= 11 is 2.04. The molecular formula is C9H7FINO. The first-order valence-corrected chi connectivity index (χ1v) is 4.97. The lowest BCUT2D eigenvalue weighted by Crippen LogP contribution is -2.16. The third-order valence-electron chi connectivity index (χ3n) is 2.12. The third-order valence-corrected chi connectivity index (χ3v) is 3.01. The average molecular weight is 291 g/mol. The van der Waals surface area contributed by atoms with Gasteiger partial charge in [0.2, 0.25) is 0 Å². The number of rotatable bonds is 0. The lowest BCUT2D eigenvalue weighted by Gasteiger charge is -2.05. The first kappa shape index (κ1) is 8.93. The lowest BCUT2D eigenvalue weighted by molar-refractivity contribution is 0.0958. The number of hydrogen-bond acceptors (Lipinski definition) is 1. The Bertz CT molecular complexity index is 391. The molecule has 1 N–H and O–H groups in total. The number of amides is 1. The van der Waals surface area contributed by atoms with Gasteiger partial charge in [-0.1, -0.05) is 0 Å². The largest absolute Gasteiger partial charge is 0.345 e. The summed E-state index contributed by atoms with van der Waals surface area (Å²) in [6.07, 6.45) is 0. The van der Waals surface area contributed by atoms with Gasteiger partial charge in [0.1, 0.15) is 5.82 Å². The van der Waals surface area contributed by atoms with Crippen LogP contribution in [0.5, 0.6) is 0 Å². The molecule has 1 aliphatic rings. The molecule has 0 saturated heterocycles. The quantitative estimate of drug-likeness (QED) is 0.730. The second-order valence-corrected chi connectivity index (χ2v) is 4.21. The van der Waals surface area contributed by atoms with Gasteiger partial charge in [-0.2, -0.15) is 0 Å². The topological polar surface area (TPSA) is 29.1 Å². The normalized spacial score (nSPS) is 19.9. The highest BCUT2D eigenvalue weighted by Gasteiger charge is 2.27. The fraction of sp³-hybridized carbons (Fsp3) is 0.222. The second-order valence-electron chi connectivity index (χ2n) is 3.04. The number of fused-ring (bicyclic) bond motifs is 1. The number of halogens is 2. The molecule has 0 unspecified atom stereocenters. The Labute approximate surface area is 88.7 Å². The zero-order valence-electron chi connectivity index (χ0n) is 6.90. The van der Waals surface area contributed by atoms with Crippen LogP contribution < -0.4 is 5.32 Å². The second kappa shape index (κ2) is 2.94. The van der Waals surface area contributed by atoms with Crippen molar-refractivity contribution in [2.45, 2.75) is 13.0 Å².